The molecule has 6 nitrogen and oxygen atoms in total. The first-order valence-corrected chi connectivity index (χ1v) is 8.05. The number of rotatable bonds is 5. The number of nitrogens with zero attached hydrogens (tertiary/aromatic N) is 2. The van der Waals surface area contributed by atoms with Crippen molar-refractivity contribution < 1.29 is 9.53 Å². The average molecular weight is 351 g/mol. The quantitative estimate of drug-likeness (QED) is 0.812. The van der Waals surface area contributed by atoms with Crippen molar-refractivity contribution in [3.8, 4) is 5.75 Å². The van der Waals surface area contributed by atoms with Gasteiger partial charge in [0.05, 0.1) is 29.1 Å². The largest absolute Gasteiger partial charge is 0.496 e. The Morgan fingerprint density at radius 3 is 2.67 bits per heavy atom. The number of ether oxygens (including phenoxy) is 1. The van der Waals surface area contributed by atoms with E-state index in [0.717, 1.165) is 17.0 Å². The maximum absolute atomic E-state index is 12.6. The minimum atomic E-state index is -0.250. The van der Waals surface area contributed by atoms with Gasteiger partial charge in [-0.3, -0.25) is 9.48 Å². The van der Waals surface area contributed by atoms with Crippen LogP contribution in [-0.4, -0.2) is 28.8 Å². The second kappa shape index (κ2) is 7.13. The molecule has 1 heterocycles. The van der Waals surface area contributed by atoms with E-state index in [0.29, 0.717) is 28.4 Å². The Hall–Kier alpha value is -2.21. The summed E-state index contributed by atoms with van der Waals surface area (Å²) in [6, 6.07) is 3.01. The SMILES string of the molecule is COc1cc(N)c(Cl)cc1C(=O)NC(C)Cc1c(C)nn(C)c1C. The highest BCUT2D eigenvalue weighted by Gasteiger charge is 2.19. The van der Waals surface area contributed by atoms with E-state index in [1.807, 2.05) is 32.5 Å². The molecule has 1 amide bonds. The summed E-state index contributed by atoms with van der Waals surface area (Å²) in [5, 5.41) is 7.70. The summed E-state index contributed by atoms with van der Waals surface area (Å²) < 4.78 is 7.08. The lowest BCUT2D eigenvalue weighted by molar-refractivity contribution is 0.0937. The first-order chi connectivity index (χ1) is 11.2. The predicted molar refractivity (Wildman–Crippen MR) is 95.7 cm³/mol. The van der Waals surface area contributed by atoms with Gasteiger partial charge in [-0.25, -0.2) is 0 Å². The number of aromatic nitrogens is 2. The molecule has 3 N–H and O–H groups in total. The van der Waals surface area contributed by atoms with E-state index in [2.05, 4.69) is 10.4 Å². The van der Waals surface area contributed by atoms with Crippen molar-refractivity contribution in [3.63, 3.8) is 0 Å². The van der Waals surface area contributed by atoms with E-state index in [-0.39, 0.29) is 11.9 Å². The third-order valence-corrected chi connectivity index (χ3v) is 4.44. The summed E-state index contributed by atoms with van der Waals surface area (Å²) in [7, 11) is 3.40. The summed E-state index contributed by atoms with van der Waals surface area (Å²) in [5.41, 5.74) is 9.71. The van der Waals surface area contributed by atoms with Gasteiger partial charge in [-0.2, -0.15) is 5.10 Å². The molecule has 0 aliphatic carbocycles. The van der Waals surface area contributed by atoms with Crippen molar-refractivity contribution >= 4 is 23.2 Å². The summed E-state index contributed by atoms with van der Waals surface area (Å²) >= 11 is 6.03. The van der Waals surface area contributed by atoms with Crippen LogP contribution >= 0.6 is 11.6 Å². The molecule has 1 aromatic carbocycles. The number of aryl methyl sites for hydroxylation is 2. The Bertz CT molecular complexity index is 770. The number of amides is 1. The van der Waals surface area contributed by atoms with Crippen LogP contribution in [0.3, 0.4) is 0 Å². The van der Waals surface area contributed by atoms with Crippen molar-refractivity contribution in [2.75, 3.05) is 12.8 Å². The van der Waals surface area contributed by atoms with E-state index in [4.69, 9.17) is 22.1 Å². The zero-order chi connectivity index (χ0) is 18.0. The highest BCUT2D eigenvalue weighted by atomic mass is 35.5. The Morgan fingerprint density at radius 1 is 1.46 bits per heavy atom. The minimum Gasteiger partial charge on any atom is -0.496 e. The van der Waals surface area contributed by atoms with Gasteiger partial charge in [0.15, 0.2) is 0 Å². The van der Waals surface area contributed by atoms with Gasteiger partial charge >= 0.3 is 0 Å². The summed E-state index contributed by atoms with van der Waals surface area (Å²) in [5.74, 6) is 0.149. The molecule has 0 bridgehead atoms. The molecule has 0 saturated heterocycles. The molecule has 2 aromatic rings. The summed E-state index contributed by atoms with van der Waals surface area (Å²) in [6.45, 7) is 5.95. The molecule has 24 heavy (non-hydrogen) atoms. The number of hydrogen-bond acceptors (Lipinski definition) is 4. The number of anilines is 1. The molecular weight excluding hydrogens is 328 g/mol. The van der Waals surface area contributed by atoms with Gasteiger partial charge < -0.3 is 15.8 Å². The number of nitrogen functional groups attached to an aromatic ring is 1. The fourth-order valence-electron chi connectivity index (χ4n) is 2.69. The van der Waals surface area contributed by atoms with E-state index < -0.39 is 0 Å². The molecule has 0 spiro atoms. The van der Waals surface area contributed by atoms with Crippen LogP contribution < -0.4 is 15.8 Å². The van der Waals surface area contributed by atoms with Crippen molar-refractivity contribution in [2.45, 2.75) is 33.2 Å². The Morgan fingerprint density at radius 2 is 2.12 bits per heavy atom. The monoisotopic (exact) mass is 350 g/mol. The second-order valence-corrected chi connectivity index (χ2v) is 6.33. The van der Waals surface area contributed by atoms with Crippen LogP contribution in [-0.2, 0) is 13.5 Å². The summed E-state index contributed by atoms with van der Waals surface area (Å²) in [4.78, 5) is 12.6. The number of carbonyl (C=O) groups excluding carboxylic acids is 1. The third-order valence-electron chi connectivity index (χ3n) is 4.11. The molecule has 0 saturated carbocycles. The van der Waals surface area contributed by atoms with Crippen LogP contribution in [0.15, 0.2) is 12.1 Å². The van der Waals surface area contributed by atoms with Crippen molar-refractivity contribution in [2.24, 2.45) is 7.05 Å². The number of halogens is 1. The first kappa shape index (κ1) is 18.1. The van der Waals surface area contributed by atoms with Crippen molar-refractivity contribution in [1.82, 2.24) is 15.1 Å². The number of hydrogen-bond donors (Lipinski definition) is 2. The number of benzene rings is 1. The maximum Gasteiger partial charge on any atom is 0.255 e. The van der Waals surface area contributed by atoms with Gasteiger partial charge in [0, 0.05) is 24.8 Å². The van der Waals surface area contributed by atoms with Gasteiger partial charge in [0.25, 0.3) is 5.91 Å². The topological polar surface area (TPSA) is 82.2 Å². The number of nitrogens with one attached hydrogen (secondary N) is 1. The molecular formula is C17H23ClN4O2. The van der Waals surface area contributed by atoms with Gasteiger partial charge in [0.1, 0.15) is 5.75 Å². The highest BCUT2D eigenvalue weighted by Crippen LogP contribution is 2.29. The van der Waals surface area contributed by atoms with Gasteiger partial charge in [0.2, 0.25) is 0 Å². The van der Waals surface area contributed by atoms with E-state index in [1.165, 1.54) is 13.2 Å². The summed E-state index contributed by atoms with van der Waals surface area (Å²) in [6.07, 6.45) is 0.697. The molecule has 0 aliphatic rings. The Balaban J connectivity index is 2.16. The molecule has 0 aliphatic heterocycles. The van der Waals surface area contributed by atoms with Gasteiger partial charge in [-0.1, -0.05) is 11.6 Å². The van der Waals surface area contributed by atoms with Crippen LogP contribution in [0.4, 0.5) is 5.69 Å². The molecule has 0 radical (unpaired) electrons. The second-order valence-electron chi connectivity index (χ2n) is 5.93. The Labute approximate surface area is 146 Å². The predicted octanol–water partition coefficient (Wildman–Crippen LogP) is 2.64. The van der Waals surface area contributed by atoms with Crippen LogP contribution in [0.25, 0.3) is 0 Å². The number of nitrogens with two attached hydrogens (primary N) is 1. The third kappa shape index (κ3) is 3.64. The lowest BCUT2D eigenvalue weighted by Crippen LogP contribution is -2.34. The molecule has 1 aromatic heterocycles. The van der Waals surface area contributed by atoms with Gasteiger partial charge in [-0.15, -0.1) is 0 Å². The number of methoxy groups -OCH3 is 1. The molecule has 1 unspecified atom stereocenters. The normalized spacial score (nSPS) is 12.1. The average Bonchev–Trinajstić information content (AvgIpc) is 2.75. The van der Waals surface area contributed by atoms with Gasteiger partial charge in [-0.05, 0) is 38.8 Å². The highest BCUT2D eigenvalue weighted by molar-refractivity contribution is 6.33. The lowest BCUT2D eigenvalue weighted by Gasteiger charge is -2.16. The fraction of sp³-hybridized carbons (Fsp3) is 0.412. The molecule has 2 rings (SSSR count). The number of carbonyl (C=O) groups is 1. The van der Waals surface area contributed by atoms with Crippen LogP contribution in [0, 0.1) is 13.8 Å². The Kier molecular flexibility index (Phi) is 5.39. The van der Waals surface area contributed by atoms with Crippen molar-refractivity contribution in [3.05, 3.63) is 39.7 Å². The smallest absolute Gasteiger partial charge is 0.255 e. The maximum atomic E-state index is 12.6. The standard InChI is InChI=1S/C17H23ClN4O2/c1-9(6-12-10(2)21-22(4)11(12)3)20-17(23)13-7-14(18)15(19)8-16(13)24-5/h7-9H,6,19H2,1-5H3,(H,20,23). The first-order valence-electron chi connectivity index (χ1n) is 7.67. The van der Waals surface area contributed by atoms with Crippen LogP contribution in [0.1, 0.15) is 34.2 Å². The molecule has 7 heteroatoms. The zero-order valence-electron chi connectivity index (χ0n) is 14.6. The van der Waals surface area contributed by atoms with Crippen LogP contribution in [0.5, 0.6) is 5.75 Å². The molecule has 130 valence electrons. The van der Waals surface area contributed by atoms with E-state index in [1.54, 1.807) is 6.07 Å². The van der Waals surface area contributed by atoms with E-state index in [9.17, 15) is 4.79 Å². The fourth-order valence-corrected chi connectivity index (χ4v) is 2.85. The lowest BCUT2D eigenvalue weighted by atomic mass is 10.0. The van der Waals surface area contributed by atoms with E-state index >= 15 is 0 Å². The van der Waals surface area contributed by atoms with Crippen LogP contribution in [0.2, 0.25) is 5.02 Å². The molecule has 1 atom stereocenters. The minimum absolute atomic E-state index is 0.0693. The zero-order valence-corrected chi connectivity index (χ0v) is 15.4. The molecule has 0 fully saturated rings. The van der Waals surface area contributed by atoms with Crippen molar-refractivity contribution in [1.29, 1.82) is 0 Å².